The van der Waals surface area contributed by atoms with Crippen LogP contribution in [0.2, 0.25) is 0 Å². The molecular formula is C10H17N3S. The second kappa shape index (κ2) is 4.84. The molecule has 0 atom stereocenters. The normalized spacial score (nSPS) is 18.6. The van der Waals surface area contributed by atoms with Crippen molar-refractivity contribution in [2.45, 2.75) is 25.3 Å². The molecule has 1 aliphatic heterocycles. The van der Waals surface area contributed by atoms with E-state index in [9.17, 15) is 0 Å². The van der Waals surface area contributed by atoms with Crippen LogP contribution in [0, 0.1) is 0 Å². The molecule has 0 radical (unpaired) electrons. The number of H-pyrrole nitrogens is 1. The van der Waals surface area contributed by atoms with Crippen molar-refractivity contribution in [3.05, 3.63) is 17.5 Å². The molecule has 78 valence electrons. The van der Waals surface area contributed by atoms with Gasteiger partial charge in [-0.05, 0) is 31.4 Å². The molecule has 0 spiro atoms. The van der Waals surface area contributed by atoms with Crippen LogP contribution in [0.5, 0.6) is 0 Å². The first-order valence-electron chi connectivity index (χ1n) is 5.16. The van der Waals surface area contributed by atoms with Gasteiger partial charge in [0.05, 0.1) is 6.20 Å². The van der Waals surface area contributed by atoms with Crippen LogP contribution in [0.4, 0.5) is 0 Å². The van der Waals surface area contributed by atoms with Gasteiger partial charge < -0.3 is 5.32 Å². The van der Waals surface area contributed by atoms with Gasteiger partial charge in [-0.3, -0.25) is 5.10 Å². The third kappa shape index (κ3) is 2.12. The standard InChI is InChI=1S/C10H17N3S/c1-11-6-9-7-12-13-10(9)8-2-4-14-5-3-8/h7-8,11H,2-6H2,1H3,(H,12,13). The maximum Gasteiger partial charge on any atom is 0.0535 e. The number of thioether (sulfide) groups is 1. The topological polar surface area (TPSA) is 40.7 Å². The van der Waals surface area contributed by atoms with E-state index in [0.29, 0.717) is 5.92 Å². The monoisotopic (exact) mass is 211 g/mol. The zero-order valence-corrected chi connectivity index (χ0v) is 9.36. The molecule has 3 nitrogen and oxygen atoms in total. The summed E-state index contributed by atoms with van der Waals surface area (Å²) in [7, 11) is 1.98. The van der Waals surface area contributed by atoms with Gasteiger partial charge >= 0.3 is 0 Å². The number of hydrogen-bond donors (Lipinski definition) is 2. The third-order valence-corrected chi connectivity index (χ3v) is 3.80. The lowest BCUT2D eigenvalue weighted by molar-refractivity contribution is 0.607. The smallest absolute Gasteiger partial charge is 0.0535 e. The first-order chi connectivity index (χ1) is 6.92. The predicted molar refractivity (Wildman–Crippen MR) is 60.7 cm³/mol. The maximum absolute atomic E-state index is 4.14. The number of hydrogen-bond acceptors (Lipinski definition) is 3. The minimum Gasteiger partial charge on any atom is -0.316 e. The lowest BCUT2D eigenvalue weighted by Crippen LogP contribution is -2.13. The van der Waals surface area contributed by atoms with Gasteiger partial charge in [0.25, 0.3) is 0 Å². The van der Waals surface area contributed by atoms with Crippen LogP contribution in [0.1, 0.15) is 30.0 Å². The highest BCUT2D eigenvalue weighted by Crippen LogP contribution is 2.31. The first kappa shape index (κ1) is 10.1. The Balaban J connectivity index is 2.09. The summed E-state index contributed by atoms with van der Waals surface area (Å²) in [5.74, 6) is 3.30. The average Bonchev–Trinajstić information content (AvgIpc) is 2.68. The summed E-state index contributed by atoms with van der Waals surface area (Å²) in [6, 6.07) is 0. The van der Waals surface area contributed by atoms with Gasteiger partial charge in [0.15, 0.2) is 0 Å². The molecule has 0 aliphatic carbocycles. The highest BCUT2D eigenvalue weighted by molar-refractivity contribution is 7.99. The van der Waals surface area contributed by atoms with Crippen molar-refractivity contribution < 1.29 is 0 Å². The molecule has 0 amide bonds. The molecule has 1 aromatic heterocycles. The van der Waals surface area contributed by atoms with E-state index in [1.807, 2.05) is 13.2 Å². The van der Waals surface area contributed by atoms with Crippen LogP contribution in [0.25, 0.3) is 0 Å². The Labute approximate surface area is 89.1 Å². The Kier molecular flexibility index (Phi) is 3.48. The zero-order chi connectivity index (χ0) is 9.80. The summed E-state index contributed by atoms with van der Waals surface area (Å²) in [6.07, 6.45) is 4.54. The van der Waals surface area contributed by atoms with Crippen LogP contribution < -0.4 is 5.32 Å². The fourth-order valence-electron chi connectivity index (χ4n) is 1.99. The van der Waals surface area contributed by atoms with E-state index < -0.39 is 0 Å². The average molecular weight is 211 g/mol. The van der Waals surface area contributed by atoms with Crippen molar-refractivity contribution in [1.82, 2.24) is 15.5 Å². The molecule has 1 aliphatic rings. The van der Waals surface area contributed by atoms with Crippen molar-refractivity contribution in [2.75, 3.05) is 18.6 Å². The van der Waals surface area contributed by atoms with Crippen molar-refractivity contribution in [2.24, 2.45) is 0 Å². The van der Waals surface area contributed by atoms with Gasteiger partial charge in [0, 0.05) is 23.7 Å². The quantitative estimate of drug-likeness (QED) is 0.800. The molecule has 0 unspecified atom stereocenters. The number of aromatic nitrogens is 2. The van der Waals surface area contributed by atoms with Crippen LogP contribution in [-0.4, -0.2) is 28.8 Å². The van der Waals surface area contributed by atoms with Crippen LogP contribution >= 0.6 is 11.8 Å². The van der Waals surface area contributed by atoms with Crippen molar-refractivity contribution >= 4 is 11.8 Å². The van der Waals surface area contributed by atoms with Gasteiger partial charge in [-0.2, -0.15) is 16.9 Å². The molecule has 14 heavy (non-hydrogen) atoms. The highest BCUT2D eigenvalue weighted by atomic mass is 32.2. The second-order valence-corrected chi connectivity index (χ2v) is 4.95. The molecule has 0 aromatic carbocycles. The van der Waals surface area contributed by atoms with E-state index >= 15 is 0 Å². The fraction of sp³-hybridized carbons (Fsp3) is 0.700. The molecule has 4 heteroatoms. The Bertz CT molecular complexity index is 279. The van der Waals surface area contributed by atoms with Crippen LogP contribution in [-0.2, 0) is 6.54 Å². The largest absolute Gasteiger partial charge is 0.316 e. The highest BCUT2D eigenvalue weighted by Gasteiger charge is 2.19. The fourth-order valence-corrected chi connectivity index (χ4v) is 3.10. The summed E-state index contributed by atoms with van der Waals surface area (Å²) in [4.78, 5) is 0. The Hall–Kier alpha value is -0.480. The summed E-state index contributed by atoms with van der Waals surface area (Å²) in [6.45, 7) is 0.926. The summed E-state index contributed by atoms with van der Waals surface area (Å²) in [5.41, 5.74) is 2.70. The Morgan fingerprint density at radius 3 is 3.07 bits per heavy atom. The number of rotatable bonds is 3. The van der Waals surface area contributed by atoms with E-state index in [2.05, 4.69) is 27.3 Å². The maximum atomic E-state index is 4.14. The van der Waals surface area contributed by atoms with Gasteiger partial charge in [0.1, 0.15) is 0 Å². The van der Waals surface area contributed by atoms with Gasteiger partial charge in [-0.15, -0.1) is 0 Å². The van der Waals surface area contributed by atoms with E-state index in [4.69, 9.17) is 0 Å². The summed E-state index contributed by atoms with van der Waals surface area (Å²) < 4.78 is 0. The molecule has 2 N–H and O–H groups in total. The first-order valence-corrected chi connectivity index (χ1v) is 6.31. The SMILES string of the molecule is CNCc1cn[nH]c1C1CCSCC1. The van der Waals surface area contributed by atoms with Gasteiger partial charge in [-0.1, -0.05) is 0 Å². The lowest BCUT2D eigenvalue weighted by Gasteiger charge is -2.21. The van der Waals surface area contributed by atoms with Crippen molar-refractivity contribution in [1.29, 1.82) is 0 Å². The minimum atomic E-state index is 0.710. The van der Waals surface area contributed by atoms with Gasteiger partial charge in [-0.25, -0.2) is 0 Å². The Morgan fingerprint density at radius 1 is 1.57 bits per heavy atom. The third-order valence-electron chi connectivity index (χ3n) is 2.75. The van der Waals surface area contributed by atoms with E-state index in [1.54, 1.807) is 0 Å². The molecule has 1 fully saturated rings. The van der Waals surface area contributed by atoms with Gasteiger partial charge in [0.2, 0.25) is 0 Å². The molecule has 2 heterocycles. The molecule has 0 saturated carbocycles. The molecule has 0 bridgehead atoms. The number of nitrogens with one attached hydrogen (secondary N) is 2. The second-order valence-electron chi connectivity index (χ2n) is 3.73. The number of aromatic amines is 1. The molecule has 1 saturated heterocycles. The van der Waals surface area contributed by atoms with E-state index in [0.717, 1.165) is 6.54 Å². The predicted octanol–water partition coefficient (Wildman–Crippen LogP) is 1.74. The summed E-state index contributed by atoms with van der Waals surface area (Å²) in [5, 5.41) is 10.5. The van der Waals surface area contributed by atoms with Crippen LogP contribution in [0.3, 0.4) is 0 Å². The van der Waals surface area contributed by atoms with Crippen molar-refractivity contribution in [3.8, 4) is 0 Å². The van der Waals surface area contributed by atoms with Crippen molar-refractivity contribution in [3.63, 3.8) is 0 Å². The van der Waals surface area contributed by atoms with E-state index in [-0.39, 0.29) is 0 Å². The zero-order valence-electron chi connectivity index (χ0n) is 8.55. The Morgan fingerprint density at radius 2 is 2.36 bits per heavy atom. The molecule has 1 aromatic rings. The molecule has 2 rings (SSSR count). The summed E-state index contributed by atoms with van der Waals surface area (Å²) >= 11 is 2.07. The van der Waals surface area contributed by atoms with Crippen LogP contribution in [0.15, 0.2) is 6.20 Å². The number of nitrogens with zero attached hydrogens (tertiary/aromatic N) is 1. The molecular weight excluding hydrogens is 194 g/mol. The van der Waals surface area contributed by atoms with E-state index in [1.165, 1.54) is 35.6 Å². The minimum absolute atomic E-state index is 0.710. The lowest BCUT2D eigenvalue weighted by atomic mass is 9.96.